The number of carboxylic acid groups (broad SMARTS) is 1. The van der Waals surface area contributed by atoms with Crippen molar-refractivity contribution in [3.8, 4) is 0 Å². The van der Waals surface area contributed by atoms with Gasteiger partial charge in [-0.2, -0.15) is 0 Å². The molecule has 0 radical (unpaired) electrons. The number of aliphatic imine (C=N–C) groups is 1. The summed E-state index contributed by atoms with van der Waals surface area (Å²) in [5, 5.41) is 16.0. The molecule has 6 saturated carbocycles. The maximum absolute atomic E-state index is 14.0. The van der Waals surface area contributed by atoms with E-state index in [-0.39, 0.29) is 53.3 Å². The van der Waals surface area contributed by atoms with Crippen molar-refractivity contribution in [3.63, 3.8) is 0 Å². The van der Waals surface area contributed by atoms with Gasteiger partial charge in [-0.1, -0.05) is 6.07 Å². The summed E-state index contributed by atoms with van der Waals surface area (Å²) in [6.45, 7) is 3.83. The van der Waals surface area contributed by atoms with Gasteiger partial charge in [0.1, 0.15) is 11.9 Å². The van der Waals surface area contributed by atoms with Crippen molar-refractivity contribution >= 4 is 29.1 Å². The summed E-state index contributed by atoms with van der Waals surface area (Å²) in [6, 6.07) is 3.89. The predicted octanol–water partition coefficient (Wildman–Crippen LogP) is 3.32. The SMILES string of the molecule is CCOC(=O)C1=C(C23C4C5C2C2C3C4C52C(=O)O)NC(c2nccs2)=NC1c1ccc(F)cc1C. The number of halogens is 1. The van der Waals surface area contributed by atoms with Crippen molar-refractivity contribution in [1.82, 2.24) is 10.3 Å². The van der Waals surface area contributed by atoms with E-state index >= 15 is 0 Å². The van der Waals surface area contributed by atoms with Crippen LogP contribution in [0.5, 0.6) is 0 Å². The van der Waals surface area contributed by atoms with Crippen LogP contribution in [-0.4, -0.2) is 34.5 Å². The number of nitrogens with one attached hydrogen (secondary N) is 1. The van der Waals surface area contributed by atoms with Gasteiger partial charge in [0, 0.05) is 22.7 Å². The molecule has 6 aliphatic carbocycles. The Kier molecular flexibility index (Phi) is 3.46. The van der Waals surface area contributed by atoms with Crippen LogP contribution >= 0.6 is 11.3 Å². The second kappa shape index (κ2) is 6.00. The molecule has 2 aromatic rings. The zero-order valence-corrected chi connectivity index (χ0v) is 19.8. The zero-order valence-electron chi connectivity index (χ0n) is 19.0. The molecule has 1 aromatic heterocycles. The normalized spacial score (nSPS) is 42.3. The first-order valence-corrected chi connectivity index (χ1v) is 12.9. The summed E-state index contributed by atoms with van der Waals surface area (Å²) >= 11 is 1.46. The van der Waals surface area contributed by atoms with Gasteiger partial charge in [0.25, 0.3) is 0 Å². The number of ether oxygens (including phenoxy) is 1. The number of aliphatic carboxylic acids is 1. The third-order valence-electron chi connectivity index (χ3n) is 10.1. The molecule has 1 atom stereocenters. The molecule has 7 nitrogen and oxygen atoms in total. The molecule has 9 rings (SSSR count). The number of carboxylic acids is 1. The molecule has 35 heavy (non-hydrogen) atoms. The van der Waals surface area contributed by atoms with Gasteiger partial charge in [-0.3, -0.25) is 9.79 Å². The number of carbonyl (C=O) groups excluding carboxylic acids is 1. The van der Waals surface area contributed by atoms with Crippen LogP contribution in [0.2, 0.25) is 0 Å². The van der Waals surface area contributed by atoms with E-state index in [4.69, 9.17) is 9.73 Å². The number of rotatable bonds is 6. The van der Waals surface area contributed by atoms with Crippen LogP contribution in [0.1, 0.15) is 29.1 Å². The van der Waals surface area contributed by atoms with E-state index in [0.717, 1.165) is 11.3 Å². The van der Waals surface area contributed by atoms with E-state index in [0.29, 0.717) is 22.0 Å². The Balaban J connectivity index is 1.30. The number of hydrogen-bond donors (Lipinski definition) is 2. The highest BCUT2D eigenvalue weighted by Gasteiger charge is 3.12. The summed E-state index contributed by atoms with van der Waals surface area (Å²) < 4.78 is 19.5. The second-order valence-electron chi connectivity index (χ2n) is 10.7. The first-order valence-electron chi connectivity index (χ1n) is 12.1. The number of aryl methyl sites for hydroxylation is 1. The topological polar surface area (TPSA) is 101 Å². The van der Waals surface area contributed by atoms with Gasteiger partial charge in [0.2, 0.25) is 0 Å². The maximum Gasteiger partial charge on any atom is 0.338 e. The molecule has 0 spiro atoms. The molecule has 1 aliphatic heterocycles. The van der Waals surface area contributed by atoms with Crippen molar-refractivity contribution in [2.24, 2.45) is 51.3 Å². The van der Waals surface area contributed by atoms with Crippen LogP contribution in [0.15, 0.2) is 46.0 Å². The Morgan fingerprint density at radius 1 is 1.20 bits per heavy atom. The number of thiazole rings is 1. The minimum absolute atomic E-state index is 0.204. The molecule has 178 valence electrons. The number of benzene rings is 1. The van der Waals surface area contributed by atoms with E-state index in [9.17, 15) is 19.1 Å². The number of carbonyl (C=O) groups is 2. The van der Waals surface area contributed by atoms with Gasteiger partial charge in [0.05, 0.1) is 17.6 Å². The highest BCUT2D eigenvalue weighted by atomic mass is 32.1. The maximum atomic E-state index is 14.0. The van der Waals surface area contributed by atoms with Gasteiger partial charge in [-0.05, 0) is 72.6 Å². The molecule has 1 unspecified atom stereocenters. The first-order chi connectivity index (χ1) is 16.9. The minimum Gasteiger partial charge on any atom is -0.481 e. The van der Waals surface area contributed by atoms with E-state index in [1.165, 1.54) is 23.5 Å². The van der Waals surface area contributed by atoms with Crippen molar-refractivity contribution in [1.29, 1.82) is 0 Å². The summed E-state index contributed by atoms with van der Waals surface area (Å²) in [5.41, 5.74) is 2.07. The Morgan fingerprint density at radius 3 is 2.49 bits per heavy atom. The number of hydrogen-bond acceptors (Lipinski definition) is 7. The molecule has 7 aliphatic rings. The lowest BCUT2D eigenvalue weighted by Crippen LogP contribution is -3.11. The number of allylic oxidation sites excluding steroid dienone is 1. The van der Waals surface area contributed by atoms with Crippen molar-refractivity contribution in [3.05, 3.63) is 63.0 Å². The van der Waals surface area contributed by atoms with Crippen LogP contribution in [0.25, 0.3) is 0 Å². The number of esters is 1. The molecule has 0 bridgehead atoms. The van der Waals surface area contributed by atoms with Crippen LogP contribution in [0, 0.1) is 59.1 Å². The van der Waals surface area contributed by atoms with E-state index < -0.39 is 23.4 Å². The van der Waals surface area contributed by atoms with E-state index in [1.807, 2.05) is 12.3 Å². The number of nitrogens with zero attached hydrogens (tertiary/aromatic N) is 2. The Morgan fingerprint density at radius 2 is 1.91 bits per heavy atom. The van der Waals surface area contributed by atoms with E-state index in [2.05, 4.69) is 10.3 Å². The fourth-order valence-corrected chi connectivity index (χ4v) is 9.98. The standard InChI is InChI=1S/C26H22FN3O4S/c1-3-34-23(31)12-19(11-5-4-10(27)8-9(11)2)29-21(22-28-6-7-35-22)30-20(12)25-13-16-14(25)18-15(25)17(13)26(16,18)24(32)33/h4-8,13-19H,3H2,1-2H3,(H,29,30)(H,32,33). The van der Waals surface area contributed by atoms with Crippen molar-refractivity contribution < 1.29 is 23.8 Å². The first kappa shape index (κ1) is 20.2. The average Bonchev–Trinajstić information content (AvgIpc) is 3.38. The second-order valence-corrected chi connectivity index (χ2v) is 11.6. The zero-order chi connectivity index (χ0) is 24.0. The molecular formula is C26H22FN3O4S. The molecule has 9 heteroatoms. The fraction of sp³-hybridized carbons (Fsp3) is 0.462. The third kappa shape index (κ3) is 1.80. The summed E-state index contributed by atoms with van der Waals surface area (Å²) in [6.07, 6.45) is 1.72. The lowest BCUT2D eigenvalue weighted by atomic mass is 8.92. The molecule has 2 heterocycles. The molecular weight excluding hydrogens is 469 g/mol. The van der Waals surface area contributed by atoms with Gasteiger partial charge >= 0.3 is 11.9 Å². The van der Waals surface area contributed by atoms with Gasteiger partial charge in [-0.15, -0.1) is 11.3 Å². The minimum atomic E-state index is -0.654. The average molecular weight is 492 g/mol. The Labute approximate surface area is 204 Å². The predicted molar refractivity (Wildman–Crippen MR) is 123 cm³/mol. The smallest absolute Gasteiger partial charge is 0.338 e. The fourth-order valence-electron chi connectivity index (χ4n) is 9.39. The lowest BCUT2D eigenvalue weighted by molar-refractivity contribution is -0.633. The van der Waals surface area contributed by atoms with Crippen LogP contribution in [0.3, 0.4) is 0 Å². The van der Waals surface area contributed by atoms with Crippen molar-refractivity contribution in [2.75, 3.05) is 6.61 Å². The van der Waals surface area contributed by atoms with Crippen LogP contribution < -0.4 is 5.32 Å². The highest BCUT2D eigenvalue weighted by molar-refractivity contribution is 7.11. The Bertz CT molecular complexity index is 1380. The largest absolute Gasteiger partial charge is 0.481 e. The van der Waals surface area contributed by atoms with Crippen LogP contribution in [0.4, 0.5) is 4.39 Å². The van der Waals surface area contributed by atoms with Gasteiger partial charge in [-0.25, -0.2) is 14.2 Å². The summed E-state index contributed by atoms with van der Waals surface area (Å²) in [5.74, 6) is 0.693. The summed E-state index contributed by atoms with van der Waals surface area (Å²) in [7, 11) is 0. The molecule has 2 N–H and O–H groups in total. The number of aromatic nitrogens is 1. The monoisotopic (exact) mass is 491 g/mol. The molecule has 6 fully saturated rings. The number of amidine groups is 1. The third-order valence-corrected chi connectivity index (χ3v) is 10.9. The van der Waals surface area contributed by atoms with E-state index in [1.54, 1.807) is 19.2 Å². The Hall–Kier alpha value is -3.07. The summed E-state index contributed by atoms with van der Waals surface area (Å²) in [4.78, 5) is 35.0. The molecule has 0 amide bonds. The molecule has 1 aromatic carbocycles. The van der Waals surface area contributed by atoms with Gasteiger partial charge in [0.15, 0.2) is 10.8 Å². The molecule has 0 saturated heterocycles. The van der Waals surface area contributed by atoms with Crippen LogP contribution in [-0.2, 0) is 14.3 Å². The highest BCUT2D eigenvalue weighted by Crippen LogP contribution is 3.11. The van der Waals surface area contributed by atoms with Gasteiger partial charge < -0.3 is 15.2 Å². The quantitative estimate of drug-likeness (QED) is 0.602. The lowest BCUT2D eigenvalue weighted by Gasteiger charge is -3.10. The van der Waals surface area contributed by atoms with Crippen molar-refractivity contribution in [2.45, 2.75) is 19.9 Å².